The number of rotatable bonds is 5. The Morgan fingerprint density at radius 3 is 2.47 bits per heavy atom. The van der Waals surface area contributed by atoms with Gasteiger partial charge in [-0.25, -0.2) is 4.79 Å². The van der Waals surface area contributed by atoms with Crippen LogP contribution in [-0.2, 0) is 4.79 Å². The number of urea groups is 1. The first kappa shape index (κ1) is 15.9. The highest BCUT2D eigenvalue weighted by Gasteiger charge is 2.26. The van der Waals surface area contributed by atoms with Crippen LogP contribution in [0.4, 0.5) is 4.79 Å². The van der Waals surface area contributed by atoms with Crippen LogP contribution in [0.25, 0.3) is 0 Å². The number of amides is 3. The molecule has 6 heteroatoms. The zero-order valence-electron chi connectivity index (χ0n) is 12.2. The van der Waals surface area contributed by atoms with Gasteiger partial charge in [0.15, 0.2) is 0 Å². The molecule has 1 saturated heterocycles. The molecule has 0 aromatic rings. The largest absolute Gasteiger partial charge is 0.341 e. The van der Waals surface area contributed by atoms with Crippen LogP contribution in [0.3, 0.4) is 0 Å². The molecule has 1 atom stereocenters. The number of hydrogen-bond acceptors (Lipinski definition) is 4. The molecule has 19 heavy (non-hydrogen) atoms. The summed E-state index contributed by atoms with van der Waals surface area (Å²) in [6.45, 7) is 7.86. The summed E-state index contributed by atoms with van der Waals surface area (Å²) in [6, 6.07) is -0.698. The smallest absolute Gasteiger partial charge is 0.321 e. The number of likely N-dealkylation sites (tertiary alicyclic amines) is 1. The van der Waals surface area contributed by atoms with Crippen molar-refractivity contribution in [2.75, 3.05) is 33.2 Å². The molecule has 0 spiro atoms. The van der Waals surface area contributed by atoms with Gasteiger partial charge in [-0.15, -0.1) is 0 Å². The Morgan fingerprint density at radius 2 is 1.95 bits per heavy atom. The third kappa shape index (κ3) is 5.16. The summed E-state index contributed by atoms with van der Waals surface area (Å²) in [6.07, 6.45) is 2.20. The molecular formula is C13H26N4O2. The second-order valence-electron chi connectivity index (χ2n) is 5.03. The molecule has 0 bridgehead atoms. The Morgan fingerprint density at radius 1 is 1.32 bits per heavy atom. The Kier molecular flexibility index (Phi) is 6.80. The van der Waals surface area contributed by atoms with Gasteiger partial charge in [-0.1, -0.05) is 6.92 Å². The van der Waals surface area contributed by atoms with E-state index in [4.69, 9.17) is 0 Å². The molecule has 1 aliphatic rings. The van der Waals surface area contributed by atoms with Crippen LogP contribution in [0.1, 0.15) is 26.7 Å². The van der Waals surface area contributed by atoms with Gasteiger partial charge in [0, 0.05) is 7.05 Å². The monoisotopic (exact) mass is 270 g/mol. The normalized spacial score (nSPS) is 18.9. The molecule has 1 heterocycles. The molecule has 110 valence electrons. The first-order valence-corrected chi connectivity index (χ1v) is 7.05. The van der Waals surface area contributed by atoms with Gasteiger partial charge in [0.25, 0.3) is 0 Å². The van der Waals surface area contributed by atoms with Gasteiger partial charge in [0.1, 0.15) is 0 Å². The first-order chi connectivity index (χ1) is 9.08. The third-order valence-electron chi connectivity index (χ3n) is 3.72. The Hall–Kier alpha value is -1.14. The lowest BCUT2D eigenvalue weighted by atomic mass is 9.95. The maximum Gasteiger partial charge on any atom is 0.321 e. The van der Waals surface area contributed by atoms with Crippen molar-refractivity contribution >= 4 is 11.9 Å². The summed E-state index contributed by atoms with van der Waals surface area (Å²) in [7, 11) is 1.50. The fourth-order valence-corrected chi connectivity index (χ4v) is 2.34. The molecule has 0 aromatic carbocycles. The van der Waals surface area contributed by atoms with E-state index in [0.717, 1.165) is 39.0 Å². The third-order valence-corrected chi connectivity index (χ3v) is 3.72. The topological polar surface area (TPSA) is 73.5 Å². The second kappa shape index (κ2) is 8.12. The number of imide groups is 1. The SMILES string of the molecule is CCNCC1CCN(C(C)C(=O)NC(=O)NC)CC1. The van der Waals surface area contributed by atoms with Crippen LogP contribution in [0.15, 0.2) is 0 Å². The van der Waals surface area contributed by atoms with E-state index < -0.39 is 6.03 Å². The number of piperidine rings is 1. The van der Waals surface area contributed by atoms with E-state index >= 15 is 0 Å². The zero-order chi connectivity index (χ0) is 14.3. The Balaban J connectivity index is 2.33. The van der Waals surface area contributed by atoms with E-state index in [1.807, 2.05) is 6.92 Å². The van der Waals surface area contributed by atoms with E-state index in [1.54, 1.807) is 0 Å². The number of carbonyl (C=O) groups excluding carboxylic acids is 2. The summed E-state index contributed by atoms with van der Waals surface area (Å²) in [5, 5.41) is 8.08. The fraction of sp³-hybridized carbons (Fsp3) is 0.846. The molecule has 1 rings (SSSR count). The first-order valence-electron chi connectivity index (χ1n) is 7.05. The summed E-state index contributed by atoms with van der Waals surface area (Å²) in [5.41, 5.74) is 0. The van der Waals surface area contributed by atoms with Crippen molar-refractivity contribution in [3.05, 3.63) is 0 Å². The number of carbonyl (C=O) groups is 2. The minimum atomic E-state index is -0.445. The Bertz CT molecular complexity index is 301. The van der Waals surface area contributed by atoms with Gasteiger partial charge in [0.05, 0.1) is 6.04 Å². The molecule has 6 nitrogen and oxygen atoms in total. The van der Waals surface area contributed by atoms with Gasteiger partial charge in [-0.3, -0.25) is 15.0 Å². The quantitative estimate of drug-likeness (QED) is 0.665. The zero-order valence-corrected chi connectivity index (χ0v) is 12.2. The molecular weight excluding hydrogens is 244 g/mol. The van der Waals surface area contributed by atoms with Crippen LogP contribution in [0.5, 0.6) is 0 Å². The molecule has 0 saturated carbocycles. The lowest BCUT2D eigenvalue weighted by molar-refractivity contribution is -0.125. The summed E-state index contributed by atoms with van der Waals surface area (Å²) >= 11 is 0. The maximum atomic E-state index is 11.8. The summed E-state index contributed by atoms with van der Waals surface area (Å²) in [4.78, 5) is 25.1. The minimum Gasteiger partial charge on any atom is -0.341 e. The Labute approximate surface area is 115 Å². The summed E-state index contributed by atoms with van der Waals surface area (Å²) in [5.74, 6) is 0.467. The van der Waals surface area contributed by atoms with Gasteiger partial charge < -0.3 is 10.6 Å². The van der Waals surface area contributed by atoms with Gasteiger partial charge in [-0.05, 0) is 51.9 Å². The molecule has 1 unspecified atom stereocenters. The van der Waals surface area contributed by atoms with Crippen molar-refractivity contribution in [1.29, 1.82) is 0 Å². The van der Waals surface area contributed by atoms with E-state index in [-0.39, 0.29) is 11.9 Å². The number of nitrogens with zero attached hydrogens (tertiary/aromatic N) is 1. The second-order valence-corrected chi connectivity index (χ2v) is 5.03. The lowest BCUT2D eigenvalue weighted by Gasteiger charge is -2.35. The van der Waals surface area contributed by atoms with Crippen LogP contribution in [-0.4, -0.2) is 56.1 Å². The maximum absolute atomic E-state index is 11.8. The molecule has 3 N–H and O–H groups in total. The lowest BCUT2D eigenvalue weighted by Crippen LogP contribution is -2.51. The van der Waals surface area contributed by atoms with Crippen LogP contribution < -0.4 is 16.0 Å². The van der Waals surface area contributed by atoms with E-state index in [2.05, 4.69) is 27.8 Å². The molecule has 0 aliphatic carbocycles. The van der Waals surface area contributed by atoms with Crippen molar-refractivity contribution in [1.82, 2.24) is 20.9 Å². The molecule has 0 aromatic heterocycles. The van der Waals surface area contributed by atoms with Crippen molar-refractivity contribution in [3.8, 4) is 0 Å². The highest BCUT2D eigenvalue weighted by molar-refractivity contribution is 5.96. The molecule has 1 fully saturated rings. The highest BCUT2D eigenvalue weighted by Crippen LogP contribution is 2.18. The summed E-state index contributed by atoms with van der Waals surface area (Å²) < 4.78 is 0. The van der Waals surface area contributed by atoms with Crippen molar-refractivity contribution < 1.29 is 9.59 Å². The average molecular weight is 270 g/mol. The number of nitrogens with one attached hydrogen (secondary N) is 3. The van der Waals surface area contributed by atoms with Gasteiger partial charge in [0.2, 0.25) is 5.91 Å². The minimum absolute atomic E-state index is 0.232. The van der Waals surface area contributed by atoms with E-state index in [1.165, 1.54) is 7.05 Å². The molecule has 0 radical (unpaired) electrons. The fourth-order valence-electron chi connectivity index (χ4n) is 2.34. The van der Waals surface area contributed by atoms with Crippen molar-refractivity contribution in [3.63, 3.8) is 0 Å². The van der Waals surface area contributed by atoms with Gasteiger partial charge in [-0.2, -0.15) is 0 Å². The highest BCUT2D eigenvalue weighted by atomic mass is 16.2. The molecule has 3 amide bonds. The van der Waals surface area contributed by atoms with Crippen LogP contribution in [0.2, 0.25) is 0 Å². The van der Waals surface area contributed by atoms with Gasteiger partial charge >= 0.3 is 6.03 Å². The standard InChI is InChI=1S/C13H26N4O2/c1-4-15-9-11-5-7-17(8-6-11)10(2)12(18)16-13(19)14-3/h10-11,15H,4-9H2,1-3H3,(H2,14,16,18,19). The van der Waals surface area contributed by atoms with E-state index in [9.17, 15) is 9.59 Å². The predicted molar refractivity (Wildman–Crippen MR) is 74.9 cm³/mol. The predicted octanol–water partition coefficient (Wildman–Crippen LogP) is 0.152. The molecule has 1 aliphatic heterocycles. The van der Waals surface area contributed by atoms with Crippen LogP contribution in [0, 0.1) is 5.92 Å². The van der Waals surface area contributed by atoms with Crippen LogP contribution >= 0.6 is 0 Å². The van der Waals surface area contributed by atoms with Crippen molar-refractivity contribution in [2.45, 2.75) is 32.7 Å². The average Bonchev–Trinajstić information content (AvgIpc) is 2.44. The van der Waals surface area contributed by atoms with Crippen molar-refractivity contribution in [2.24, 2.45) is 5.92 Å². The van der Waals surface area contributed by atoms with E-state index in [0.29, 0.717) is 5.92 Å². The number of hydrogen-bond donors (Lipinski definition) is 3.